The van der Waals surface area contributed by atoms with E-state index >= 15 is 0 Å². The second-order valence-corrected chi connectivity index (χ2v) is 3.76. The molecule has 0 aromatic carbocycles. The monoisotopic (exact) mass is 183 g/mol. The molecule has 1 fully saturated rings. The lowest BCUT2D eigenvalue weighted by Gasteiger charge is -2.35. The van der Waals surface area contributed by atoms with Crippen LogP contribution in [-0.2, 0) is 11.3 Å². The van der Waals surface area contributed by atoms with Gasteiger partial charge < -0.3 is 10.6 Å². The molecule has 1 unspecified atom stereocenters. The highest BCUT2D eigenvalue weighted by Crippen LogP contribution is 2.15. The largest absolute Gasteiger partial charge is 0.334 e. The quantitative estimate of drug-likeness (QED) is 0.647. The first-order valence-electron chi connectivity index (χ1n) is 3.69. The summed E-state index contributed by atoms with van der Waals surface area (Å²) < 4.78 is 0. The van der Waals surface area contributed by atoms with Crippen molar-refractivity contribution >= 4 is 17.2 Å². The predicted molar refractivity (Wildman–Crippen MR) is 45.5 cm³/mol. The Kier molecular flexibility index (Phi) is 1.82. The summed E-state index contributed by atoms with van der Waals surface area (Å²) in [5, 5.41) is 0. The van der Waals surface area contributed by atoms with E-state index in [0.717, 1.165) is 4.88 Å². The number of likely N-dealkylation sites (tertiary alicyclic amines) is 1. The summed E-state index contributed by atoms with van der Waals surface area (Å²) in [4.78, 5) is 17.8. The molecule has 1 amide bonds. The molecular weight excluding hydrogens is 174 g/mol. The Morgan fingerprint density at radius 3 is 3.17 bits per heavy atom. The maximum absolute atomic E-state index is 11.1. The van der Waals surface area contributed by atoms with Crippen LogP contribution in [-0.4, -0.2) is 28.4 Å². The smallest absolute Gasteiger partial charge is 0.241 e. The molecule has 1 aromatic rings. The number of β-lactam (4-membered cyclic amide) rings is 1. The SMILES string of the molecule is NC1CN(Cc2cncs2)C1=O. The zero-order valence-corrected chi connectivity index (χ0v) is 7.25. The molecule has 1 atom stereocenters. The zero-order valence-electron chi connectivity index (χ0n) is 6.43. The lowest BCUT2D eigenvalue weighted by atomic mass is 10.1. The van der Waals surface area contributed by atoms with Crippen LogP contribution in [0.15, 0.2) is 11.7 Å². The summed E-state index contributed by atoms with van der Waals surface area (Å²) in [5.74, 6) is 0.0448. The number of thiazole rings is 1. The molecule has 1 saturated heterocycles. The van der Waals surface area contributed by atoms with E-state index in [1.54, 1.807) is 27.9 Å². The van der Waals surface area contributed by atoms with Gasteiger partial charge in [0.2, 0.25) is 5.91 Å². The van der Waals surface area contributed by atoms with E-state index in [2.05, 4.69) is 4.98 Å². The molecule has 0 radical (unpaired) electrons. The fourth-order valence-corrected chi connectivity index (χ4v) is 1.79. The van der Waals surface area contributed by atoms with Crippen LogP contribution in [0.25, 0.3) is 0 Å². The molecule has 2 N–H and O–H groups in total. The Hall–Kier alpha value is -0.940. The molecule has 12 heavy (non-hydrogen) atoms. The number of hydrogen-bond acceptors (Lipinski definition) is 4. The molecule has 0 aliphatic carbocycles. The maximum Gasteiger partial charge on any atom is 0.241 e. The van der Waals surface area contributed by atoms with Gasteiger partial charge in [0, 0.05) is 17.6 Å². The normalized spacial score (nSPS) is 22.6. The standard InChI is InChI=1S/C7H9N3OS/c8-6-3-10(7(6)11)2-5-1-9-4-12-5/h1,4,6H,2-3,8H2. The van der Waals surface area contributed by atoms with Gasteiger partial charge in [0.1, 0.15) is 6.04 Å². The Morgan fingerprint density at radius 1 is 1.83 bits per heavy atom. The lowest BCUT2D eigenvalue weighted by Crippen LogP contribution is -2.60. The molecule has 0 bridgehead atoms. The molecule has 2 heterocycles. The third-order valence-corrected chi connectivity index (χ3v) is 2.64. The molecule has 1 aromatic heterocycles. The van der Waals surface area contributed by atoms with Crippen LogP contribution in [0.5, 0.6) is 0 Å². The minimum atomic E-state index is -0.266. The summed E-state index contributed by atoms with van der Waals surface area (Å²) in [6.45, 7) is 1.34. The number of nitrogens with zero attached hydrogens (tertiary/aromatic N) is 2. The van der Waals surface area contributed by atoms with Crippen molar-refractivity contribution in [2.45, 2.75) is 12.6 Å². The minimum Gasteiger partial charge on any atom is -0.334 e. The number of aromatic nitrogens is 1. The van der Waals surface area contributed by atoms with Crippen molar-refractivity contribution < 1.29 is 4.79 Å². The highest BCUT2D eigenvalue weighted by atomic mass is 32.1. The zero-order chi connectivity index (χ0) is 8.55. The van der Waals surface area contributed by atoms with Gasteiger partial charge in [-0.3, -0.25) is 9.78 Å². The van der Waals surface area contributed by atoms with Crippen molar-refractivity contribution in [3.8, 4) is 0 Å². The average Bonchev–Trinajstić information content (AvgIpc) is 2.56. The van der Waals surface area contributed by atoms with E-state index < -0.39 is 0 Å². The molecule has 64 valence electrons. The van der Waals surface area contributed by atoms with Gasteiger partial charge in [-0.1, -0.05) is 0 Å². The van der Waals surface area contributed by atoms with E-state index in [0.29, 0.717) is 13.1 Å². The van der Waals surface area contributed by atoms with Gasteiger partial charge in [0.15, 0.2) is 0 Å². The van der Waals surface area contributed by atoms with Gasteiger partial charge in [0.05, 0.1) is 12.1 Å². The van der Waals surface area contributed by atoms with E-state index in [-0.39, 0.29) is 11.9 Å². The Morgan fingerprint density at radius 2 is 2.67 bits per heavy atom. The third-order valence-electron chi connectivity index (χ3n) is 1.88. The van der Waals surface area contributed by atoms with Gasteiger partial charge in [0.25, 0.3) is 0 Å². The van der Waals surface area contributed by atoms with Crippen molar-refractivity contribution in [1.29, 1.82) is 0 Å². The van der Waals surface area contributed by atoms with Crippen LogP contribution in [0.3, 0.4) is 0 Å². The molecule has 1 aliphatic heterocycles. The van der Waals surface area contributed by atoms with Gasteiger partial charge >= 0.3 is 0 Å². The molecule has 4 nitrogen and oxygen atoms in total. The number of amides is 1. The van der Waals surface area contributed by atoms with Crippen LogP contribution in [0.1, 0.15) is 4.88 Å². The Balaban J connectivity index is 1.94. The number of carbonyl (C=O) groups excluding carboxylic acids is 1. The van der Waals surface area contributed by atoms with Crippen molar-refractivity contribution in [3.05, 3.63) is 16.6 Å². The topological polar surface area (TPSA) is 59.2 Å². The van der Waals surface area contributed by atoms with Gasteiger partial charge in [-0.15, -0.1) is 11.3 Å². The first-order chi connectivity index (χ1) is 5.77. The average molecular weight is 183 g/mol. The predicted octanol–water partition coefficient (Wildman–Crippen LogP) is -0.187. The lowest BCUT2D eigenvalue weighted by molar-refractivity contribution is -0.143. The minimum absolute atomic E-state index is 0.0448. The molecule has 1 aliphatic rings. The van der Waals surface area contributed by atoms with Crippen LogP contribution >= 0.6 is 11.3 Å². The van der Waals surface area contributed by atoms with E-state index in [4.69, 9.17) is 5.73 Å². The van der Waals surface area contributed by atoms with Crippen molar-refractivity contribution in [3.63, 3.8) is 0 Å². The highest BCUT2D eigenvalue weighted by Gasteiger charge is 2.33. The van der Waals surface area contributed by atoms with Crippen LogP contribution in [0.4, 0.5) is 0 Å². The van der Waals surface area contributed by atoms with Crippen molar-refractivity contribution in [2.75, 3.05) is 6.54 Å². The summed E-state index contributed by atoms with van der Waals surface area (Å²) in [6, 6.07) is -0.266. The summed E-state index contributed by atoms with van der Waals surface area (Å²) in [5.41, 5.74) is 7.20. The first kappa shape index (κ1) is 7.70. The maximum atomic E-state index is 11.1. The fraction of sp³-hybridized carbons (Fsp3) is 0.429. The van der Waals surface area contributed by atoms with Crippen LogP contribution in [0.2, 0.25) is 0 Å². The number of carbonyl (C=O) groups is 1. The van der Waals surface area contributed by atoms with E-state index in [1.165, 1.54) is 0 Å². The Bertz CT molecular complexity index is 285. The van der Waals surface area contributed by atoms with Crippen molar-refractivity contribution in [2.24, 2.45) is 5.73 Å². The second-order valence-electron chi connectivity index (χ2n) is 2.79. The van der Waals surface area contributed by atoms with Crippen LogP contribution in [0, 0.1) is 0 Å². The summed E-state index contributed by atoms with van der Waals surface area (Å²) in [6.07, 6.45) is 1.78. The molecule has 0 spiro atoms. The number of hydrogen-bond donors (Lipinski definition) is 1. The van der Waals surface area contributed by atoms with Crippen LogP contribution < -0.4 is 5.73 Å². The fourth-order valence-electron chi connectivity index (χ4n) is 1.18. The third kappa shape index (κ3) is 1.21. The second kappa shape index (κ2) is 2.84. The first-order valence-corrected chi connectivity index (χ1v) is 4.57. The molecule has 0 saturated carbocycles. The number of nitrogens with two attached hydrogens (primary N) is 1. The molecule has 2 rings (SSSR count). The number of rotatable bonds is 2. The van der Waals surface area contributed by atoms with Gasteiger partial charge in [-0.2, -0.15) is 0 Å². The summed E-state index contributed by atoms with van der Waals surface area (Å²) in [7, 11) is 0. The van der Waals surface area contributed by atoms with Gasteiger partial charge in [-0.25, -0.2) is 0 Å². The highest BCUT2D eigenvalue weighted by molar-refractivity contribution is 7.09. The van der Waals surface area contributed by atoms with Gasteiger partial charge in [-0.05, 0) is 0 Å². The van der Waals surface area contributed by atoms with Crippen molar-refractivity contribution in [1.82, 2.24) is 9.88 Å². The van der Waals surface area contributed by atoms with E-state index in [1.807, 2.05) is 0 Å². The molecule has 5 heteroatoms. The summed E-state index contributed by atoms with van der Waals surface area (Å²) >= 11 is 1.56. The van der Waals surface area contributed by atoms with E-state index in [9.17, 15) is 4.79 Å². The Labute approximate surface area is 74.0 Å². The molecular formula is C7H9N3OS.